The second-order valence-corrected chi connectivity index (χ2v) is 8.22. The maximum atomic E-state index is 13.2. The van der Waals surface area contributed by atoms with E-state index in [1.807, 2.05) is 13.8 Å². The van der Waals surface area contributed by atoms with Crippen molar-refractivity contribution in [2.24, 2.45) is 5.92 Å². The predicted molar refractivity (Wildman–Crippen MR) is 114 cm³/mol. The zero-order chi connectivity index (χ0) is 21.6. The van der Waals surface area contributed by atoms with Crippen LogP contribution in [-0.4, -0.2) is 29.3 Å². The Morgan fingerprint density at radius 3 is 2.31 bits per heavy atom. The first kappa shape index (κ1) is 23.2. The van der Waals surface area contributed by atoms with Crippen molar-refractivity contribution in [3.63, 3.8) is 0 Å². The highest BCUT2D eigenvalue weighted by molar-refractivity contribution is 6.35. The fourth-order valence-corrected chi connectivity index (χ4v) is 3.23. The van der Waals surface area contributed by atoms with Gasteiger partial charge in [0.05, 0.1) is 6.42 Å². The van der Waals surface area contributed by atoms with Crippen LogP contribution in [0.1, 0.15) is 31.9 Å². The lowest BCUT2D eigenvalue weighted by Gasteiger charge is -2.29. The summed E-state index contributed by atoms with van der Waals surface area (Å²) in [4.78, 5) is 27.2. The van der Waals surface area contributed by atoms with Crippen molar-refractivity contribution in [1.82, 2.24) is 10.2 Å². The van der Waals surface area contributed by atoms with E-state index >= 15 is 0 Å². The lowest BCUT2D eigenvalue weighted by Crippen LogP contribution is -2.48. The second kappa shape index (κ2) is 10.6. The van der Waals surface area contributed by atoms with Gasteiger partial charge in [-0.25, -0.2) is 4.39 Å². The molecule has 0 aliphatic rings. The fourth-order valence-electron chi connectivity index (χ4n) is 2.75. The van der Waals surface area contributed by atoms with Crippen molar-refractivity contribution >= 4 is 35.0 Å². The lowest BCUT2D eigenvalue weighted by atomic mass is 10.1. The lowest BCUT2D eigenvalue weighted by molar-refractivity contribution is -0.140. The number of nitrogens with one attached hydrogen (secondary N) is 1. The van der Waals surface area contributed by atoms with Crippen LogP contribution in [-0.2, 0) is 22.6 Å². The molecule has 0 aliphatic heterocycles. The molecule has 0 fully saturated rings. The van der Waals surface area contributed by atoms with Crippen LogP contribution in [0, 0.1) is 11.7 Å². The molecule has 2 aromatic carbocycles. The van der Waals surface area contributed by atoms with Gasteiger partial charge in [0.15, 0.2) is 0 Å². The molecule has 0 spiro atoms. The van der Waals surface area contributed by atoms with Crippen molar-refractivity contribution in [2.75, 3.05) is 6.54 Å². The normalized spacial score (nSPS) is 12.0. The fraction of sp³-hybridized carbons (Fsp3) is 0.364. The van der Waals surface area contributed by atoms with Crippen LogP contribution >= 0.6 is 23.2 Å². The molecule has 156 valence electrons. The molecule has 0 unspecified atom stereocenters. The standard InChI is InChI=1S/C22H25Cl2FN2O2/c1-14(2)12-26-22(29)15(3)27(13-16-4-8-19(25)9-5-16)21(28)10-17-6-7-18(23)11-20(17)24/h4-9,11,14-15H,10,12-13H2,1-3H3,(H,26,29)/t15-/m1/s1. The number of carbonyl (C=O) groups excluding carboxylic acids is 2. The molecular weight excluding hydrogens is 414 g/mol. The third-order valence-corrected chi connectivity index (χ3v) is 5.06. The summed E-state index contributed by atoms with van der Waals surface area (Å²) in [5.74, 6) is -0.565. The average Bonchev–Trinajstić information content (AvgIpc) is 2.67. The van der Waals surface area contributed by atoms with E-state index in [9.17, 15) is 14.0 Å². The van der Waals surface area contributed by atoms with E-state index in [0.29, 0.717) is 28.1 Å². The van der Waals surface area contributed by atoms with Crippen LogP contribution in [0.5, 0.6) is 0 Å². The summed E-state index contributed by atoms with van der Waals surface area (Å²) >= 11 is 12.1. The van der Waals surface area contributed by atoms with Gasteiger partial charge >= 0.3 is 0 Å². The molecule has 0 aromatic heterocycles. The number of carbonyl (C=O) groups is 2. The number of hydrogen-bond donors (Lipinski definition) is 1. The first-order valence-electron chi connectivity index (χ1n) is 9.43. The number of halogens is 3. The van der Waals surface area contributed by atoms with Crippen LogP contribution in [0.25, 0.3) is 0 Å². The van der Waals surface area contributed by atoms with E-state index in [2.05, 4.69) is 5.32 Å². The first-order valence-corrected chi connectivity index (χ1v) is 10.2. The number of amides is 2. The van der Waals surface area contributed by atoms with E-state index in [4.69, 9.17) is 23.2 Å². The minimum Gasteiger partial charge on any atom is -0.354 e. The zero-order valence-corrected chi connectivity index (χ0v) is 18.2. The summed E-state index contributed by atoms with van der Waals surface area (Å²) in [6, 6.07) is 10.1. The Balaban J connectivity index is 2.23. The summed E-state index contributed by atoms with van der Waals surface area (Å²) in [5.41, 5.74) is 1.35. The molecular formula is C22H25Cl2FN2O2. The van der Waals surface area contributed by atoms with Crippen molar-refractivity contribution in [1.29, 1.82) is 0 Å². The third-order valence-electron chi connectivity index (χ3n) is 4.47. The minimum absolute atomic E-state index is 0.0268. The molecule has 0 saturated heterocycles. The van der Waals surface area contributed by atoms with Gasteiger partial charge in [0.25, 0.3) is 0 Å². The van der Waals surface area contributed by atoms with E-state index in [1.54, 1.807) is 37.3 Å². The number of benzene rings is 2. The quantitative estimate of drug-likeness (QED) is 0.639. The topological polar surface area (TPSA) is 49.4 Å². The highest BCUT2D eigenvalue weighted by Crippen LogP contribution is 2.22. The smallest absolute Gasteiger partial charge is 0.242 e. The van der Waals surface area contributed by atoms with Gasteiger partial charge in [0.2, 0.25) is 11.8 Å². The molecule has 0 radical (unpaired) electrons. The van der Waals surface area contributed by atoms with Gasteiger partial charge in [-0.2, -0.15) is 0 Å². The Labute approximate surface area is 181 Å². The SMILES string of the molecule is CC(C)CNC(=O)[C@@H](C)N(Cc1ccc(F)cc1)C(=O)Cc1ccc(Cl)cc1Cl. The van der Waals surface area contributed by atoms with Crippen molar-refractivity contribution < 1.29 is 14.0 Å². The summed E-state index contributed by atoms with van der Waals surface area (Å²) < 4.78 is 13.2. The van der Waals surface area contributed by atoms with E-state index in [1.165, 1.54) is 17.0 Å². The van der Waals surface area contributed by atoms with Crippen LogP contribution < -0.4 is 5.32 Å². The molecule has 1 atom stereocenters. The van der Waals surface area contributed by atoms with Gasteiger partial charge < -0.3 is 10.2 Å². The van der Waals surface area contributed by atoms with Crippen molar-refractivity contribution in [2.45, 2.75) is 39.8 Å². The Bertz CT molecular complexity index is 856. The number of nitrogens with zero attached hydrogens (tertiary/aromatic N) is 1. The van der Waals surface area contributed by atoms with Gasteiger partial charge in [-0.3, -0.25) is 9.59 Å². The summed E-state index contributed by atoms with van der Waals surface area (Å²) in [7, 11) is 0. The molecule has 2 rings (SSSR count). The first-order chi connectivity index (χ1) is 13.7. The monoisotopic (exact) mass is 438 g/mol. The van der Waals surface area contributed by atoms with E-state index in [-0.39, 0.29) is 30.6 Å². The molecule has 7 heteroatoms. The average molecular weight is 439 g/mol. The molecule has 2 aromatic rings. The van der Waals surface area contributed by atoms with Crippen molar-refractivity contribution in [3.05, 3.63) is 69.5 Å². The van der Waals surface area contributed by atoms with Crippen LogP contribution in [0.4, 0.5) is 4.39 Å². The molecule has 0 bridgehead atoms. The molecule has 0 saturated carbocycles. The Morgan fingerprint density at radius 1 is 1.07 bits per heavy atom. The summed E-state index contributed by atoms with van der Waals surface area (Å²) in [6.45, 7) is 6.37. The number of hydrogen-bond acceptors (Lipinski definition) is 2. The Kier molecular flexibility index (Phi) is 8.47. The largest absolute Gasteiger partial charge is 0.354 e. The molecule has 4 nitrogen and oxygen atoms in total. The highest BCUT2D eigenvalue weighted by Gasteiger charge is 2.26. The zero-order valence-electron chi connectivity index (χ0n) is 16.7. The maximum Gasteiger partial charge on any atom is 0.242 e. The van der Waals surface area contributed by atoms with Gasteiger partial charge in [0.1, 0.15) is 11.9 Å². The van der Waals surface area contributed by atoms with Gasteiger partial charge in [-0.15, -0.1) is 0 Å². The molecule has 0 aliphatic carbocycles. The number of rotatable bonds is 8. The minimum atomic E-state index is -0.697. The molecule has 0 heterocycles. The molecule has 2 amide bonds. The predicted octanol–water partition coefficient (Wildman–Crippen LogP) is 4.86. The van der Waals surface area contributed by atoms with E-state index < -0.39 is 6.04 Å². The van der Waals surface area contributed by atoms with Gasteiger partial charge in [-0.05, 0) is 48.2 Å². The Morgan fingerprint density at radius 2 is 1.72 bits per heavy atom. The van der Waals surface area contributed by atoms with Gasteiger partial charge in [0, 0.05) is 23.1 Å². The van der Waals surface area contributed by atoms with Crippen molar-refractivity contribution in [3.8, 4) is 0 Å². The summed E-state index contributed by atoms with van der Waals surface area (Å²) in [6.07, 6.45) is 0.0268. The molecule has 29 heavy (non-hydrogen) atoms. The molecule has 1 N–H and O–H groups in total. The van der Waals surface area contributed by atoms with Crippen LogP contribution in [0.15, 0.2) is 42.5 Å². The van der Waals surface area contributed by atoms with Crippen LogP contribution in [0.3, 0.4) is 0 Å². The second-order valence-electron chi connectivity index (χ2n) is 7.38. The summed E-state index contributed by atoms with van der Waals surface area (Å²) in [5, 5.41) is 3.73. The van der Waals surface area contributed by atoms with Crippen LogP contribution in [0.2, 0.25) is 10.0 Å². The Hall–Kier alpha value is -2.11. The van der Waals surface area contributed by atoms with E-state index in [0.717, 1.165) is 5.56 Å². The third kappa shape index (κ3) is 7.02. The van der Waals surface area contributed by atoms with Gasteiger partial charge in [-0.1, -0.05) is 55.2 Å². The highest BCUT2D eigenvalue weighted by atomic mass is 35.5. The maximum absolute atomic E-state index is 13.2.